The number of nitrogens with zero attached hydrogens (tertiary/aromatic N) is 1. The van der Waals surface area contributed by atoms with E-state index in [-0.39, 0.29) is 0 Å². The van der Waals surface area contributed by atoms with Crippen molar-refractivity contribution in [1.82, 2.24) is 4.90 Å². The molecular weight excluding hydrogens is 130 g/mol. The van der Waals surface area contributed by atoms with E-state index in [1.54, 1.807) is 0 Å². The van der Waals surface area contributed by atoms with Crippen molar-refractivity contribution in [3.8, 4) is 0 Å². The van der Waals surface area contributed by atoms with E-state index in [0.29, 0.717) is 0 Å². The van der Waals surface area contributed by atoms with Crippen LogP contribution in [0, 0.1) is 5.92 Å². The van der Waals surface area contributed by atoms with E-state index in [2.05, 4.69) is 31.6 Å². The summed E-state index contributed by atoms with van der Waals surface area (Å²) in [5.41, 5.74) is 2.64. The van der Waals surface area contributed by atoms with Crippen molar-refractivity contribution in [2.45, 2.75) is 20.3 Å². The summed E-state index contributed by atoms with van der Waals surface area (Å²) in [5.74, 6) is 0.760. The molecule has 9 heavy (non-hydrogen) atoms. The highest BCUT2D eigenvalue weighted by molar-refractivity contribution is 7.78. The van der Waals surface area contributed by atoms with Crippen molar-refractivity contribution >= 4 is 17.7 Å². The van der Waals surface area contributed by atoms with E-state index in [9.17, 15) is 0 Å². The van der Waals surface area contributed by atoms with Crippen molar-refractivity contribution in [2.75, 3.05) is 13.6 Å². The number of hydrogen-bond donors (Lipinski definition) is 0. The van der Waals surface area contributed by atoms with Gasteiger partial charge in [0.15, 0.2) is 0 Å². The zero-order valence-electron chi connectivity index (χ0n) is 6.35. The first-order valence-electron chi connectivity index (χ1n) is 3.25. The van der Waals surface area contributed by atoms with E-state index in [1.807, 2.05) is 11.9 Å². The van der Waals surface area contributed by atoms with Gasteiger partial charge in [0.1, 0.15) is 5.49 Å². The van der Waals surface area contributed by atoms with Crippen LogP contribution in [0.2, 0.25) is 0 Å². The lowest BCUT2D eigenvalue weighted by molar-refractivity contribution is 0.450. The second kappa shape index (κ2) is 4.74. The Labute approximate surface area is 63.0 Å². The summed E-state index contributed by atoms with van der Waals surface area (Å²) in [4.78, 5) is 1.91. The predicted octanol–water partition coefficient (Wildman–Crippen LogP) is 1.80. The first kappa shape index (κ1) is 8.89. The number of thiocarbonyl (C=S) groups is 1. The Kier molecular flexibility index (Phi) is 4.68. The lowest BCUT2D eigenvalue weighted by Gasteiger charge is -2.11. The molecule has 0 heterocycles. The maximum atomic E-state index is 4.60. The average Bonchev–Trinajstić information content (AvgIpc) is 1.83. The fraction of sp³-hybridized carbons (Fsp3) is 0.857. The quantitative estimate of drug-likeness (QED) is 0.437. The second-order valence-electron chi connectivity index (χ2n) is 2.70. The molecule has 0 saturated carbocycles. The highest BCUT2D eigenvalue weighted by Crippen LogP contribution is 1.98. The molecule has 1 radical (unpaired) electrons. The van der Waals surface area contributed by atoms with Crippen LogP contribution in [0.25, 0.3) is 0 Å². The molecule has 0 aliphatic heterocycles. The summed E-state index contributed by atoms with van der Waals surface area (Å²) >= 11 is 4.60. The first-order chi connectivity index (χ1) is 4.16. The van der Waals surface area contributed by atoms with Gasteiger partial charge < -0.3 is 4.90 Å². The van der Waals surface area contributed by atoms with Crippen molar-refractivity contribution in [1.29, 1.82) is 0 Å². The molecule has 0 atom stereocenters. The number of hydrogen-bond acceptors (Lipinski definition) is 1. The van der Waals surface area contributed by atoms with E-state index in [0.717, 1.165) is 12.5 Å². The Hall–Kier alpha value is -0.110. The van der Waals surface area contributed by atoms with Crippen LogP contribution >= 0.6 is 12.2 Å². The van der Waals surface area contributed by atoms with Crippen LogP contribution in [0.5, 0.6) is 0 Å². The number of rotatable bonds is 4. The Balaban J connectivity index is 3.16. The van der Waals surface area contributed by atoms with Crippen LogP contribution in [0.3, 0.4) is 0 Å². The van der Waals surface area contributed by atoms with Crippen LogP contribution in [0.4, 0.5) is 0 Å². The molecule has 0 aromatic heterocycles. The third-order valence-electron chi connectivity index (χ3n) is 1.20. The van der Waals surface area contributed by atoms with E-state index >= 15 is 0 Å². The fourth-order valence-electron chi connectivity index (χ4n) is 0.497. The Morgan fingerprint density at radius 3 is 2.44 bits per heavy atom. The standard InChI is InChI=1S/C7H14NS/c1-7(2)4-5-8(3)6-9/h7H,4-5H2,1-3H3. The molecule has 0 aromatic carbocycles. The van der Waals surface area contributed by atoms with Gasteiger partial charge in [-0.15, -0.1) is 0 Å². The van der Waals surface area contributed by atoms with Crippen molar-refractivity contribution in [3.63, 3.8) is 0 Å². The van der Waals surface area contributed by atoms with Gasteiger partial charge >= 0.3 is 0 Å². The van der Waals surface area contributed by atoms with Crippen molar-refractivity contribution in [2.24, 2.45) is 5.92 Å². The maximum absolute atomic E-state index is 4.60. The van der Waals surface area contributed by atoms with Gasteiger partial charge in [-0.2, -0.15) is 0 Å². The molecule has 2 heteroatoms. The molecule has 0 spiro atoms. The van der Waals surface area contributed by atoms with Crippen LogP contribution in [-0.4, -0.2) is 24.0 Å². The molecule has 0 aliphatic carbocycles. The van der Waals surface area contributed by atoms with Gasteiger partial charge in [0.05, 0.1) is 0 Å². The third-order valence-corrected chi connectivity index (χ3v) is 1.51. The molecule has 0 aliphatic rings. The Bertz CT molecular complexity index is 81.0. The first-order valence-corrected chi connectivity index (χ1v) is 3.66. The monoisotopic (exact) mass is 144 g/mol. The van der Waals surface area contributed by atoms with Gasteiger partial charge in [-0.3, -0.25) is 0 Å². The van der Waals surface area contributed by atoms with E-state index in [1.165, 1.54) is 6.42 Å². The maximum Gasteiger partial charge on any atom is 0.136 e. The zero-order valence-corrected chi connectivity index (χ0v) is 7.16. The van der Waals surface area contributed by atoms with Gasteiger partial charge in [-0.1, -0.05) is 26.1 Å². The second-order valence-corrected chi connectivity index (χ2v) is 2.88. The summed E-state index contributed by atoms with van der Waals surface area (Å²) in [6, 6.07) is 0. The minimum absolute atomic E-state index is 0.760. The average molecular weight is 144 g/mol. The largest absolute Gasteiger partial charge is 0.363 e. The van der Waals surface area contributed by atoms with Crippen LogP contribution in [0.15, 0.2) is 0 Å². The normalized spacial score (nSPS) is 9.78. The predicted molar refractivity (Wildman–Crippen MR) is 44.7 cm³/mol. The summed E-state index contributed by atoms with van der Waals surface area (Å²) in [7, 11) is 1.95. The SMILES string of the molecule is CC(C)CCN(C)[C]=S. The molecule has 0 bridgehead atoms. The van der Waals surface area contributed by atoms with Gasteiger partial charge in [0.2, 0.25) is 0 Å². The lowest BCUT2D eigenvalue weighted by atomic mass is 10.1. The molecule has 53 valence electrons. The molecule has 0 amide bonds. The van der Waals surface area contributed by atoms with Crippen molar-refractivity contribution < 1.29 is 0 Å². The summed E-state index contributed by atoms with van der Waals surface area (Å²) in [6.07, 6.45) is 1.19. The van der Waals surface area contributed by atoms with Crippen molar-refractivity contribution in [3.05, 3.63) is 0 Å². The minimum Gasteiger partial charge on any atom is -0.363 e. The molecular formula is C7H14NS. The van der Waals surface area contributed by atoms with Gasteiger partial charge in [-0.25, -0.2) is 0 Å². The Morgan fingerprint density at radius 1 is 1.56 bits per heavy atom. The van der Waals surface area contributed by atoms with E-state index in [4.69, 9.17) is 0 Å². The molecule has 0 aromatic rings. The zero-order chi connectivity index (χ0) is 7.28. The molecule has 0 fully saturated rings. The van der Waals surface area contributed by atoms with Gasteiger partial charge in [0, 0.05) is 13.6 Å². The highest BCUT2D eigenvalue weighted by Gasteiger charge is 1.94. The van der Waals surface area contributed by atoms with Crippen LogP contribution < -0.4 is 0 Å². The summed E-state index contributed by atoms with van der Waals surface area (Å²) in [6.45, 7) is 5.44. The summed E-state index contributed by atoms with van der Waals surface area (Å²) in [5, 5.41) is 0. The highest BCUT2D eigenvalue weighted by atomic mass is 32.1. The van der Waals surface area contributed by atoms with Crippen LogP contribution in [-0.2, 0) is 0 Å². The Morgan fingerprint density at radius 2 is 2.11 bits per heavy atom. The fourth-order valence-corrected chi connectivity index (χ4v) is 0.589. The smallest absolute Gasteiger partial charge is 0.136 e. The van der Waals surface area contributed by atoms with E-state index < -0.39 is 0 Å². The van der Waals surface area contributed by atoms with Gasteiger partial charge in [-0.05, 0) is 12.3 Å². The molecule has 0 N–H and O–H groups in total. The lowest BCUT2D eigenvalue weighted by Crippen LogP contribution is -2.17. The topological polar surface area (TPSA) is 3.24 Å². The summed E-state index contributed by atoms with van der Waals surface area (Å²) < 4.78 is 0. The molecule has 0 saturated heterocycles. The molecule has 0 rings (SSSR count). The van der Waals surface area contributed by atoms with Crippen LogP contribution in [0.1, 0.15) is 20.3 Å². The third kappa shape index (κ3) is 5.77. The van der Waals surface area contributed by atoms with Gasteiger partial charge in [0.25, 0.3) is 0 Å². The molecule has 1 nitrogen and oxygen atoms in total. The minimum atomic E-state index is 0.760. The molecule has 0 unspecified atom stereocenters.